The molecule has 3 rings (SSSR count). The van der Waals surface area contributed by atoms with Crippen LogP contribution in [0.2, 0.25) is 0 Å². The number of hydrogen-bond acceptors (Lipinski definition) is 3. The van der Waals surface area contributed by atoms with Crippen LogP contribution in [0.5, 0.6) is 0 Å². The highest BCUT2D eigenvalue weighted by Crippen LogP contribution is 2.30. The minimum Gasteiger partial charge on any atom is -0.343 e. The highest BCUT2D eigenvalue weighted by atomic mass is 16.2. The first-order valence-electron chi connectivity index (χ1n) is 11.0. The monoisotopic (exact) mass is 374 g/mol. The second-order valence-electron chi connectivity index (χ2n) is 9.24. The summed E-state index contributed by atoms with van der Waals surface area (Å²) in [5, 5.41) is 8.57. The van der Waals surface area contributed by atoms with Crippen LogP contribution in [0.15, 0.2) is 0 Å². The lowest BCUT2D eigenvalue weighted by molar-refractivity contribution is 0.0819. The van der Waals surface area contributed by atoms with Crippen LogP contribution in [-0.4, -0.2) is 47.3 Å². The third-order valence-corrected chi connectivity index (χ3v) is 6.27. The zero-order valence-electron chi connectivity index (χ0n) is 17.8. The van der Waals surface area contributed by atoms with E-state index >= 15 is 0 Å². The molecule has 0 bridgehead atoms. The Bertz CT molecular complexity index is 629. The van der Waals surface area contributed by atoms with Crippen LogP contribution in [0.1, 0.15) is 80.5 Å². The fourth-order valence-corrected chi connectivity index (χ4v) is 4.59. The van der Waals surface area contributed by atoms with E-state index in [-0.39, 0.29) is 5.91 Å². The Morgan fingerprint density at radius 2 is 1.96 bits per heavy atom. The van der Waals surface area contributed by atoms with Crippen molar-refractivity contribution in [3.63, 3.8) is 0 Å². The van der Waals surface area contributed by atoms with Gasteiger partial charge in [-0.05, 0) is 56.9 Å². The van der Waals surface area contributed by atoms with E-state index in [1.165, 1.54) is 49.8 Å². The van der Waals surface area contributed by atoms with E-state index in [4.69, 9.17) is 5.10 Å². The molecule has 1 aromatic heterocycles. The third-order valence-electron chi connectivity index (χ3n) is 6.27. The van der Waals surface area contributed by atoms with Crippen molar-refractivity contribution in [2.75, 3.05) is 20.6 Å². The molecule has 5 heteroatoms. The molecule has 1 unspecified atom stereocenters. The first-order chi connectivity index (χ1) is 13.0. The summed E-state index contributed by atoms with van der Waals surface area (Å²) < 4.78 is 2.20. The molecule has 1 heterocycles. The van der Waals surface area contributed by atoms with Gasteiger partial charge < -0.3 is 10.2 Å². The highest BCUT2D eigenvalue weighted by molar-refractivity contribution is 5.93. The quantitative estimate of drug-likeness (QED) is 0.792. The van der Waals surface area contributed by atoms with Crippen molar-refractivity contribution in [1.82, 2.24) is 20.0 Å². The van der Waals surface area contributed by atoms with Crippen molar-refractivity contribution >= 4 is 5.91 Å². The minimum atomic E-state index is 0.0523. The summed E-state index contributed by atoms with van der Waals surface area (Å²) >= 11 is 0. The van der Waals surface area contributed by atoms with Gasteiger partial charge in [0.05, 0.1) is 0 Å². The summed E-state index contributed by atoms with van der Waals surface area (Å²) in [5.74, 6) is 1.50. The topological polar surface area (TPSA) is 50.2 Å². The summed E-state index contributed by atoms with van der Waals surface area (Å²) in [4.78, 5) is 14.4. The molecule has 5 nitrogen and oxygen atoms in total. The molecule has 0 saturated heterocycles. The van der Waals surface area contributed by atoms with Gasteiger partial charge in [-0.3, -0.25) is 9.48 Å². The molecule has 152 valence electrons. The van der Waals surface area contributed by atoms with Gasteiger partial charge in [-0.1, -0.05) is 33.1 Å². The maximum atomic E-state index is 12.8. The van der Waals surface area contributed by atoms with Crippen LogP contribution >= 0.6 is 0 Å². The largest absolute Gasteiger partial charge is 0.343 e. The van der Waals surface area contributed by atoms with Crippen molar-refractivity contribution in [1.29, 1.82) is 0 Å². The predicted molar refractivity (Wildman–Crippen MR) is 110 cm³/mol. The molecule has 2 aliphatic carbocycles. The van der Waals surface area contributed by atoms with Gasteiger partial charge in [-0.15, -0.1) is 0 Å². The number of amides is 1. The van der Waals surface area contributed by atoms with Gasteiger partial charge in [-0.2, -0.15) is 5.10 Å². The molecule has 27 heavy (non-hydrogen) atoms. The fourth-order valence-electron chi connectivity index (χ4n) is 4.59. The summed E-state index contributed by atoms with van der Waals surface area (Å²) in [5.41, 5.74) is 3.23. The Balaban J connectivity index is 1.76. The Labute approximate surface area is 164 Å². The second kappa shape index (κ2) is 9.22. The van der Waals surface area contributed by atoms with Crippen LogP contribution in [-0.2, 0) is 19.4 Å². The molecule has 1 atom stereocenters. The number of nitrogens with one attached hydrogen (secondary N) is 1. The van der Waals surface area contributed by atoms with Gasteiger partial charge in [0.25, 0.3) is 5.91 Å². The van der Waals surface area contributed by atoms with E-state index < -0.39 is 0 Å². The second-order valence-corrected chi connectivity index (χ2v) is 9.24. The first kappa shape index (κ1) is 20.4. The van der Waals surface area contributed by atoms with E-state index in [1.54, 1.807) is 4.90 Å². The van der Waals surface area contributed by atoms with Gasteiger partial charge >= 0.3 is 0 Å². The average Bonchev–Trinajstić information content (AvgIpc) is 2.99. The lowest BCUT2D eigenvalue weighted by atomic mass is 9.88. The van der Waals surface area contributed by atoms with Crippen LogP contribution in [0.3, 0.4) is 0 Å². The zero-order chi connectivity index (χ0) is 19.4. The van der Waals surface area contributed by atoms with E-state index in [0.29, 0.717) is 11.7 Å². The van der Waals surface area contributed by atoms with E-state index in [2.05, 4.69) is 23.8 Å². The molecule has 2 aliphatic rings. The number of nitrogens with zero attached hydrogens (tertiary/aromatic N) is 3. The maximum Gasteiger partial charge on any atom is 0.274 e. The van der Waals surface area contributed by atoms with Crippen molar-refractivity contribution < 1.29 is 4.79 Å². The average molecular weight is 375 g/mol. The predicted octanol–water partition coefficient (Wildman–Crippen LogP) is 3.66. The van der Waals surface area contributed by atoms with Crippen LogP contribution < -0.4 is 5.32 Å². The smallest absolute Gasteiger partial charge is 0.274 e. The molecular formula is C22H38N4O. The first-order valence-corrected chi connectivity index (χ1v) is 11.0. The number of rotatable bonds is 7. The van der Waals surface area contributed by atoms with E-state index in [0.717, 1.165) is 44.2 Å². The highest BCUT2D eigenvalue weighted by Gasteiger charge is 2.30. The fraction of sp³-hybridized carbons (Fsp3) is 0.818. The van der Waals surface area contributed by atoms with Crippen LogP contribution in [0.4, 0.5) is 0 Å². The molecule has 1 amide bonds. The van der Waals surface area contributed by atoms with Gasteiger partial charge in [0, 0.05) is 37.9 Å². The number of carbonyl (C=O) groups is 1. The molecule has 1 fully saturated rings. The Morgan fingerprint density at radius 1 is 1.22 bits per heavy atom. The van der Waals surface area contributed by atoms with Crippen LogP contribution in [0.25, 0.3) is 0 Å². The molecule has 0 spiro atoms. The summed E-state index contributed by atoms with van der Waals surface area (Å²) in [6.07, 6.45) is 11.0. The van der Waals surface area contributed by atoms with Gasteiger partial charge in [0.2, 0.25) is 0 Å². The Morgan fingerprint density at radius 3 is 2.63 bits per heavy atom. The molecule has 1 N–H and O–H groups in total. The SMILES string of the molecule is CC(C)CCNC1CCc2c(c(C(=O)N(C)C)nn2CC2CCCCC2)C1. The van der Waals surface area contributed by atoms with Crippen LogP contribution in [0, 0.1) is 11.8 Å². The van der Waals surface area contributed by atoms with E-state index in [9.17, 15) is 4.79 Å². The van der Waals surface area contributed by atoms with Crippen molar-refractivity contribution in [2.45, 2.75) is 84.2 Å². The van der Waals surface area contributed by atoms with Crippen molar-refractivity contribution in [3.8, 4) is 0 Å². The number of aromatic nitrogens is 2. The van der Waals surface area contributed by atoms with Gasteiger partial charge in [0.15, 0.2) is 5.69 Å². The number of fused-ring (bicyclic) bond motifs is 1. The normalized spacial score (nSPS) is 20.7. The minimum absolute atomic E-state index is 0.0523. The van der Waals surface area contributed by atoms with Gasteiger partial charge in [-0.25, -0.2) is 0 Å². The molecular weight excluding hydrogens is 336 g/mol. The molecule has 0 radical (unpaired) electrons. The lowest BCUT2D eigenvalue weighted by Crippen LogP contribution is -2.36. The third kappa shape index (κ3) is 5.13. The van der Waals surface area contributed by atoms with E-state index in [1.807, 2.05) is 14.1 Å². The molecule has 1 saturated carbocycles. The van der Waals surface area contributed by atoms with Crippen molar-refractivity contribution in [3.05, 3.63) is 17.0 Å². The van der Waals surface area contributed by atoms with Crippen molar-refractivity contribution in [2.24, 2.45) is 11.8 Å². The summed E-state index contributed by atoms with van der Waals surface area (Å²) in [6.45, 7) is 6.59. The maximum absolute atomic E-state index is 12.8. The number of hydrogen-bond donors (Lipinski definition) is 1. The lowest BCUT2D eigenvalue weighted by Gasteiger charge is -2.26. The Hall–Kier alpha value is -1.36. The standard InChI is InChI=1S/C22H38N4O/c1-16(2)12-13-23-18-10-11-20-19(14-18)21(22(27)25(3)4)24-26(20)15-17-8-6-5-7-9-17/h16-18,23H,5-15H2,1-4H3. The molecule has 1 aromatic rings. The Kier molecular flexibility index (Phi) is 6.96. The summed E-state index contributed by atoms with van der Waals surface area (Å²) in [6, 6.07) is 0.470. The van der Waals surface area contributed by atoms with Gasteiger partial charge in [0.1, 0.15) is 0 Å². The molecule has 0 aliphatic heterocycles. The summed E-state index contributed by atoms with van der Waals surface area (Å²) in [7, 11) is 3.66. The number of carbonyl (C=O) groups excluding carboxylic acids is 1. The zero-order valence-corrected chi connectivity index (χ0v) is 17.8. The molecule has 0 aromatic carbocycles.